The number of ether oxygens (including phenoxy) is 4. The molecule has 4 heterocycles. The molecule has 41 heavy (non-hydrogen) atoms. The Morgan fingerprint density at radius 2 is 1.24 bits per heavy atom. The molecule has 4 aliphatic rings. The maximum atomic E-state index is 6.55. The maximum absolute atomic E-state index is 6.55. The van der Waals surface area contributed by atoms with Gasteiger partial charge in [-0.2, -0.15) is 0 Å². The van der Waals surface area contributed by atoms with Gasteiger partial charge in [0.15, 0.2) is 11.6 Å². The van der Waals surface area contributed by atoms with Gasteiger partial charge in [0.2, 0.25) is 0 Å². The number of allylic oxidation sites excluding steroid dienone is 2. The highest BCUT2D eigenvalue weighted by Crippen LogP contribution is 2.43. The van der Waals surface area contributed by atoms with E-state index < -0.39 is 0 Å². The minimum Gasteiger partial charge on any atom is -0.347 e. The second kappa shape index (κ2) is 18.2. The van der Waals surface area contributed by atoms with Crippen LogP contribution >= 0.6 is 0 Å². The molecule has 0 saturated carbocycles. The van der Waals surface area contributed by atoms with E-state index in [0.29, 0.717) is 36.3 Å². The van der Waals surface area contributed by atoms with Crippen LogP contribution in [0.3, 0.4) is 0 Å². The van der Waals surface area contributed by atoms with Crippen LogP contribution in [0.25, 0.3) is 0 Å². The van der Waals surface area contributed by atoms with Crippen LogP contribution in [-0.4, -0.2) is 36.0 Å². The molecule has 0 amide bonds. The summed E-state index contributed by atoms with van der Waals surface area (Å²) in [5, 5.41) is 0. The van der Waals surface area contributed by atoms with Crippen molar-refractivity contribution in [3.63, 3.8) is 0 Å². The minimum atomic E-state index is -0.259. The zero-order chi connectivity index (χ0) is 29.6. The third-order valence-electron chi connectivity index (χ3n) is 10.1. The van der Waals surface area contributed by atoms with Crippen molar-refractivity contribution in [1.82, 2.24) is 0 Å². The van der Waals surface area contributed by atoms with Gasteiger partial charge in [0.05, 0.1) is 24.4 Å². The van der Waals surface area contributed by atoms with Crippen molar-refractivity contribution < 1.29 is 18.9 Å². The van der Waals surface area contributed by atoms with E-state index in [1.54, 1.807) is 0 Å². The largest absolute Gasteiger partial charge is 0.347 e. The fourth-order valence-electron chi connectivity index (χ4n) is 7.35. The number of hydrogen-bond acceptors (Lipinski definition) is 4. The van der Waals surface area contributed by atoms with Crippen molar-refractivity contribution in [2.75, 3.05) is 0 Å². The van der Waals surface area contributed by atoms with Crippen molar-refractivity contribution in [2.24, 2.45) is 11.8 Å². The van der Waals surface area contributed by atoms with Crippen molar-refractivity contribution in [1.29, 1.82) is 0 Å². The Morgan fingerprint density at radius 3 is 1.80 bits per heavy atom. The third kappa shape index (κ3) is 11.4. The highest BCUT2D eigenvalue weighted by molar-refractivity contribution is 4.88. The topological polar surface area (TPSA) is 36.9 Å². The molecule has 8 atom stereocenters. The summed E-state index contributed by atoms with van der Waals surface area (Å²) in [6, 6.07) is 0. The summed E-state index contributed by atoms with van der Waals surface area (Å²) in [4.78, 5) is 0. The average molecular weight is 575 g/mol. The molecule has 0 aromatic carbocycles. The monoisotopic (exact) mass is 574 g/mol. The molecule has 4 saturated heterocycles. The Kier molecular flexibility index (Phi) is 15.5. The van der Waals surface area contributed by atoms with E-state index in [9.17, 15) is 0 Å². The summed E-state index contributed by atoms with van der Waals surface area (Å²) in [7, 11) is 0. The van der Waals surface area contributed by atoms with Crippen LogP contribution in [0.1, 0.15) is 163 Å². The molecule has 4 aliphatic heterocycles. The van der Waals surface area contributed by atoms with Crippen molar-refractivity contribution in [3.8, 4) is 0 Å². The van der Waals surface area contributed by atoms with E-state index in [2.05, 4.69) is 46.9 Å². The van der Waals surface area contributed by atoms with Crippen LogP contribution in [0.4, 0.5) is 0 Å². The first-order valence-corrected chi connectivity index (χ1v) is 17.8. The summed E-state index contributed by atoms with van der Waals surface area (Å²) in [6.07, 6.45) is 30.6. The molecule has 2 spiro atoms. The zero-order valence-electron chi connectivity index (χ0n) is 27.5. The van der Waals surface area contributed by atoms with Gasteiger partial charge >= 0.3 is 0 Å². The molecule has 0 aliphatic carbocycles. The molecule has 0 N–H and O–H groups in total. The van der Waals surface area contributed by atoms with E-state index in [4.69, 9.17) is 18.9 Å². The van der Waals surface area contributed by atoms with E-state index in [-0.39, 0.29) is 11.6 Å². The lowest BCUT2D eigenvalue weighted by molar-refractivity contribution is -0.324. The lowest BCUT2D eigenvalue weighted by Gasteiger charge is -2.48. The first kappa shape index (κ1) is 34.8. The fourth-order valence-corrected chi connectivity index (χ4v) is 7.35. The smallest absolute Gasteiger partial charge is 0.169 e. The molecule has 4 fully saturated rings. The molecule has 0 aromatic rings. The van der Waals surface area contributed by atoms with E-state index in [1.807, 2.05) is 6.08 Å². The van der Waals surface area contributed by atoms with Gasteiger partial charge in [-0.15, -0.1) is 13.2 Å². The predicted molar refractivity (Wildman–Crippen MR) is 172 cm³/mol. The standard InChI is InChI=1S/C20H36O2.C17H30O2/c1-5-7-10-19-17(4)13-15-20(22-19)14-8-9-18(21-20)12-11-16(3)6-2;1-3-5-9-15-11-7-13-17(18-15)14-8-12-16(19-17)10-6-4-2/h6,16-19H,2,5,7-15H2,1,3-4H3;3,15-16H,1,4-14H2,2H3/t16-,17?,18+,19-,20+;15-,16-,17+/m11/s1. The van der Waals surface area contributed by atoms with Crippen molar-refractivity contribution in [3.05, 3.63) is 25.3 Å². The molecule has 4 nitrogen and oxygen atoms in total. The maximum Gasteiger partial charge on any atom is 0.169 e. The van der Waals surface area contributed by atoms with Crippen LogP contribution < -0.4 is 0 Å². The molecular weight excluding hydrogens is 508 g/mol. The summed E-state index contributed by atoms with van der Waals surface area (Å²) in [6.45, 7) is 16.8. The average Bonchev–Trinajstić information content (AvgIpc) is 2.99. The van der Waals surface area contributed by atoms with Crippen LogP contribution in [0, 0.1) is 11.8 Å². The minimum absolute atomic E-state index is 0.235. The molecule has 1 unspecified atom stereocenters. The Bertz CT molecular complexity index is 734. The van der Waals surface area contributed by atoms with E-state index in [0.717, 1.165) is 44.9 Å². The number of rotatable bonds is 13. The quantitative estimate of drug-likeness (QED) is 0.205. The molecule has 0 bridgehead atoms. The Morgan fingerprint density at radius 1 is 0.707 bits per heavy atom. The fraction of sp³-hybridized carbons (Fsp3) is 0.892. The first-order chi connectivity index (χ1) is 19.9. The number of hydrogen-bond donors (Lipinski definition) is 0. The molecule has 0 radical (unpaired) electrons. The second-order valence-corrected chi connectivity index (χ2v) is 13.8. The van der Waals surface area contributed by atoms with Crippen LogP contribution in [0.5, 0.6) is 0 Å². The lowest BCUT2D eigenvalue weighted by Crippen LogP contribution is -2.50. The van der Waals surface area contributed by atoms with Gasteiger partial charge in [-0.25, -0.2) is 0 Å². The molecule has 0 aromatic heterocycles. The normalized spacial score (nSPS) is 36.3. The first-order valence-electron chi connectivity index (χ1n) is 17.8. The van der Waals surface area contributed by atoms with Gasteiger partial charge in [0.25, 0.3) is 0 Å². The number of unbranched alkanes of at least 4 members (excludes halogenated alkanes) is 2. The van der Waals surface area contributed by atoms with Gasteiger partial charge in [-0.1, -0.05) is 65.5 Å². The molecule has 4 rings (SSSR count). The highest BCUT2D eigenvalue weighted by atomic mass is 16.7. The van der Waals surface area contributed by atoms with Crippen molar-refractivity contribution in [2.45, 2.75) is 199 Å². The molecule has 4 heteroatoms. The Hall–Kier alpha value is -0.680. The summed E-state index contributed by atoms with van der Waals surface area (Å²) >= 11 is 0. The van der Waals surface area contributed by atoms with Gasteiger partial charge < -0.3 is 18.9 Å². The van der Waals surface area contributed by atoms with Gasteiger partial charge in [-0.05, 0) is 95.3 Å². The van der Waals surface area contributed by atoms with Crippen LogP contribution in [-0.2, 0) is 18.9 Å². The van der Waals surface area contributed by atoms with Gasteiger partial charge in [-0.3, -0.25) is 0 Å². The Labute approximate surface area is 254 Å². The molecule has 238 valence electrons. The summed E-state index contributed by atoms with van der Waals surface area (Å²) in [5.41, 5.74) is 0. The van der Waals surface area contributed by atoms with Crippen LogP contribution in [0.2, 0.25) is 0 Å². The van der Waals surface area contributed by atoms with E-state index in [1.165, 1.54) is 89.9 Å². The van der Waals surface area contributed by atoms with Crippen LogP contribution in [0.15, 0.2) is 25.3 Å². The highest BCUT2D eigenvalue weighted by Gasteiger charge is 2.44. The lowest BCUT2D eigenvalue weighted by atomic mass is 9.85. The summed E-state index contributed by atoms with van der Waals surface area (Å²) < 4.78 is 25.8. The zero-order valence-corrected chi connectivity index (χ0v) is 27.5. The predicted octanol–water partition coefficient (Wildman–Crippen LogP) is 10.8. The second-order valence-electron chi connectivity index (χ2n) is 13.8. The van der Waals surface area contributed by atoms with Crippen molar-refractivity contribution >= 4 is 0 Å². The Balaban J connectivity index is 0.000000228. The third-order valence-corrected chi connectivity index (χ3v) is 10.1. The summed E-state index contributed by atoms with van der Waals surface area (Å²) in [5.74, 6) is 0.777. The SMILES string of the molecule is C=CCC[C@@H]1CCC[C@]2(CCC[C@@H](CCCC)O2)O1.C=C[C@@H](C)CC[C@@H]1CCC[C@]2(CCC(C)[C@@H](CCCC)O2)O1. The van der Waals surface area contributed by atoms with E-state index >= 15 is 0 Å². The van der Waals surface area contributed by atoms with Gasteiger partial charge in [0.1, 0.15) is 0 Å². The molecular formula is C37H66O4. The van der Waals surface area contributed by atoms with Gasteiger partial charge in [0, 0.05) is 25.7 Å².